The molecule has 3 amide bonds. The van der Waals surface area contributed by atoms with Gasteiger partial charge in [0, 0.05) is 32.7 Å². The van der Waals surface area contributed by atoms with Crippen LogP contribution in [0.5, 0.6) is 0 Å². The van der Waals surface area contributed by atoms with E-state index in [0.717, 1.165) is 49.6 Å². The van der Waals surface area contributed by atoms with Crippen LogP contribution in [0.4, 0.5) is 9.59 Å². The molecular formula is C33H45N7O5. The van der Waals surface area contributed by atoms with Gasteiger partial charge in [0.15, 0.2) is 0 Å². The highest BCUT2D eigenvalue weighted by atomic mass is 16.5. The highest BCUT2D eigenvalue weighted by molar-refractivity contribution is 6.04. The number of nitrogens with zero attached hydrogens (tertiary/aromatic N) is 4. The molecule has 12 nitrogen and oxygen atoms in total. The van der Waals surface area contributed by atoms with Crippen LogP contribution in [0.15, 0.2) is 42.5 Å². The number of carbonyl (C=O) groups excluding carboxylic acids is 3. The number of ether oxygens (including phenoxy) is 2. The van der Waals surface area contributed by atoms with Crippen LogP contribution in [0.1, 0.15) is 80.9 Å². The molecule has 1 saturated heterocycles. The second-order valence-electron chi connectivity index (χ2n) is 11.6. The van der Waals surface area contributed by atoms with Crippen molar-refractivity contribution in [1.29, 1.82) is 5.41 Å². The third-order valence-electron chi connectivity index (χ3n) is 8.70. The van der Waals surface area contributed by atoms with Crippen molar-refractivity contribution in [1.82, 2.24) is 24.7 Å². The van der Waals surface area contributed by atoms with E-state index in [1.807, 2.05) is 29.8 Å². The third-order valence-corrected chi connectivity index (χ3v) is 8.70. The van der Waals surface area contributed by atoms with Gasteiger partial charge >= 0.3 is 12.2 Å². The minimum absolute atomic E-state index is 0.0626. The molecule has 45 heavy (non-hydrogen) atoms. The number of likely N-dealkylation sites (N-methyl/N-ethyl adjacent to an activating group) is 1. The summed E-state index contributed by atoms with van der Waals surface area (Å²) in [7, 11) is 4.74. The standard InChI is InChI=1S/C33H45N7O5/c1-6-7-8-11-20-45-31(42)37-28(35)23-14-12-22(13-15-23)27(34)29-36-25-21-24(16-17-26(25)38(29)3)33(2,39(4)32(43)44-5)30(41)40-18-9-10-19-40/h12-17,21,27H,6-11,18-20,34H2,1-5H3,(H2,35,37,42). The van der Waals surface area contributed by atoms with Gasteiger partial charge in [-0.15, -0.1) is 0 Å². The molecule has 4 rings (SSSR count). The lowest BCUT2D eigenvalue weighted by atomic mass is 9.88. The van der Waals surface area contributed by atoms with Crippen molar-refractivity contribution in [2.24, 2.45) is 12.8 Å². The zero-order valence-electron chi connectivity index (χ0n) is 26.9. The summed E-state index contributed by atoms with van der Waals surface area (Å²) in [5.41, 5.74) is 8.73. The molecule has 4 N–H and O–H groups in total. The SMILES string of the molecule is CCCCCCOC(=O)NC(=N)c1ccc(C(N)c2nc3cc(C(C)(C(=O)N4CCCC4)N(C)C(=O)OC)ccc3n2C)cc1. The number of hydrogen-bond donors (Lipinski definition) is 3. The number of unbranched alkanes of at least 4 members (excludes halogenated alkanes) is 3. The Morgan fingerprint density at radius 3 is 2.44 bits per heavy atom. The van der Waals surface area contributed by atoms with Gasteiger partial charge in [0.05, 0.1) is 30.8 Å². The van der Waals surface area contributed by atoms with E-state index in [4.69, 9.17) is 25.6 Å². The van der Waals surface area contributed by atoms with Gasteiger partial charge in [-0.2, -0.15) is 0 Å². The highest BCUT2D eigenvalue weighted by Gasteiger charge is 2.45. The van der Waals surface area contributed by atoms with Gasteiger partial charge in [-0.25, -0.2) is 14.6 Å². The molecule has 2 aromatic carbocycles. The fourth-order valence-corrected chi connectivity index (χ4v) is 5.72. The monoisotopic (exact) mass is 619 g/mol. The van der Waals surface area contributed by atoms with Crippen molar-refractivity contribution in [3.63, 3.8) is 0 Å². The smallest absolute Gasteiger partial charge is 0.412 e. The van der Waals surface area contributed by atoms with Crippen molar-refractivity contribution >= 4 is 35.0 Å². The minimum atomic E-state index is -1.30. The Morgan fingerprint density at radius 2 is 1.80 bits per heavy atom. The number of aromatic nitrogens is 2. The molecule has 1 aromatic heterocycles. The minimum Gasteiger partial charge on any atom is -0.453 e. The van der Waals surface area contributed by atoms with Crippen LogP contribution in [0.2, 0.25) is 0 Å². The summed E-state index contributed by atoms with van der Waals surface area (Å²) in [5, 5.41) is 10.7. The number of amidine groups is 1. The molecule has 2 heterocycles. The number of aryl methyl sites for hydroxylation is 1. The molecule has 3 aromatic rings. The summed E-state index contributed by atoms with van der Waals surface area (Å²) in [5.74, 6) is 0.372. The predicted molar refractivity (Wildman–Crippen MR) is 172 cm³/mol. The van der Waals surface area contributed by atoms with Crippen molar-refractivity contribution in [3.8, 4) is 0 Å². The van der Waals surface area contributed by atoms with E-state index in [9.17, 15) is 14.4 Å². The van der Waals surface area contributed by atoms with Crippen LogP contribution < -0.4 is 11.1 Å². The Kier molecular flexibility index (Phi) is 10.8. The lowest BCUT2D eigenvalue weighted by molar-refractivity contribution is -0.141. The molecule has 0 radical (unpaired) electrons. The van der Waals surface area contributed by atoms with Gasteiger partial charge < -0.3 is 24.7 Å². The van der Waals surface area contributed by atoms with Crippen LogP contribution in [0, 0.1) is 5.41 Å². The number of benzene rings is 2. The average Bonchev–Trinajstić information content (AvgIpc) is 3.71. The Balaban J connectivity index is 1.54. The maximum atomic E-state index is 13.8. The zero-order chi connectivity index (χ0) is 32.7. The summed E-state index contributed by atoms with van der Waals surface area (Å²) in [4.78, 5) is 46.5. The van der Waals surface area contributed by atoms with Crippen LogP contribution in [0.25, 0.3) is 11.0 Å². The molecule has 1 fully saturated rings. The molecule has 0 saturated carbocycles. The normalized spacial score (nSPS) is 14.9. The Labute approximate surface area is 264 Å². The first-order valence-electron chi connectivity index (χ1n) is 15.5. The van der Waals surface area contributed by atoms with Crippen LogP contribution in [0.3, 0.4) is 0 Å². The van der Waals surface area contributed by atoms with Crippen molar-refractivity contribution in [3.05, 3.63) is 65.0 Å². The molecule has 0 spiro atoms. The zero-order valence-corrected chi connectivity index (χ0v) is 26.9. The van der Waals surface area contributed by atoms with Gasteiger partial charge in [0.2, 0.25) is 0 Å². The number of alkyl carbamates (subject to hydrolysis) is 1. The largest absolute Gasteiger partial charge is 0.453 e. The number of methoxy groups -OCH3 is 1. The second-order valence-corrected chi connectivity index (χ2v) is 11.6. The van der Waals surface area contributed by atoms with Crippen molar-refractivity contribution in [2.45, 2.75) is 64.0 Å². The molecular weight excluding hydrogens is 574 g/mol. The van der Waals surface area contributed by atoms with Gasteiger partial charge in [-0.3, -0.25) is 20.4 Å². The van der Waals surface area contributed by atoms with Crippen molar-refractivity contribution in [2.75, 3.05) is 33.9 Å². The van der Waals surface area contributed by atoms with Gasteiger partial charge in [0.25, 0.3) is 5.91 Å². The van der Waals surface area contributed by atoms with Crippen LogP contribution >= 0.6 is 0 Å². The van der Waals surface area contributed by atoms with Gasteiger partial charge in [0.1, 0.15) is 17.2 Å². The summed E-state index contributed by atoms with van der Waals surface area (Å²) in [6.45, 7) is 5.47. The fourth-order valence-electron chi connectivity index (χ4n) is 5.72. The number of imidazole rings is 1. The number of hydrogen-bond acceptors (Lipinski definition) is 8. The van der Waals surface area contributed by atoms with E-state index < -0.39 is 23.8 Å². The molecule has 0 aliphatic carbocycles. The second kappa shape index (κ2) is 14.6. The topological polar surface area (TPSA) is 156 Å². The van der Waals surface area contributed by atoms with Crippen molar-refractivity contribution < 1.29 is 23.9 Å². The number of nitrogens with one attached hydrogen (secondary N) is 2. The first-order valence-corrected chi connectivity index (χ1v) is 15.5. The molecule has 2 unspecified atom stereocenters. The quantitative estimate of drug-likeness (QED) is 0.158. The van der Waals surface area contributed by atoms with E-state index in [0.29, 0.717) is 42.2 Å². The Bertz CT molecular complexity index is 1530. The van der Waals surface area contributed by atoms with Gasteiger partial charge in [-0.05, 0) is 49.4 Å². The summed E-state index contributed by atoms with van der Waals surface area (Å²) >= 11 is 0. The molecule has 1 aliphatic heterocycles. The van der Waals surface area contributed by atoms with E-state index >= 15 is 0 Å². The number of nitrogens with two attached hydrogens (primary N) is 1. The fraction of sp³-hybridized carbons (Fsp3) is 0.485. The average molecular weight is 620 g/mol. The number of amides is 3. The maximum absolute atomic E-state index is 13.8. The highest BCUT2D eigenvalue weighted by Crippen LogP contribution is 2.34. The molecule has 12 heteroatoms. The van der Waals surface area contributed by atoms with Crippen LogP contribution in [-0.2, 0) is 26.9 Å². The van der Waals surface area contributed by atoms with E-state index in [-0.39, 0.29) is 11.7 Å². The number of likely N-dealkylation sites (tertiary alicyclic amines) is 1. The van der Waals surface area contributed by atoms with E-state index in [1.165, 1.54) is 12.0 Å². The summed E-state index contributed by atoms with van der Waals surface area (Å²) in [6.07, 6.45) is 4.59. The lowest BCUT2D eigenvalue weighted by Gasteiger charge is -2.39. The molecule has 2 atom stereocenters. The van der Waals surface area contributed by atoms with Crippen LogP contribution in [-0.4, -0.2) is 77.1 Å². The molecule has 1 aliphatic rings. The number of rotatable bonds is 11. The number of carbonyl (C=O) groups is 3. The lowest BCUT2D eigenvalue weighted by Crippen LogP contribution is -2.55. The Morgan fingerprint density at radius 1 is 1.11 bits per heavy atom. The molecule has 0 bridgehead atoms. The number of fused-ring (bicyclic) bond motifs is 1. The summed E-state index contributed by atoms with van der Waals surface area (Å²) in [6, 6.07) is 12.0. The van der Waals surface area contributed by atoms with Gasteiger partial charge in [-0.1, -0.05) is 56.5 Å². The predicted octanol–water partition coefficient (Wildman–Crippen LogP) is 4.79. The summed E-state index contributed by atoms with van der Waals surface area (Å²) < 4.78 is 12.1. The van der Waals surface area contributed by atoms with E-state index in [2.05, 4.69) is 12.2 Å². The first-order chi connectivity index (χ1) is 21.5. The Hall–Kier alpha value is -4.45. The third kappa shape index (κ3) is 7.11. The molecule has 242 valence electrons. The maximum Gasteiger partial charge on any atom is 0.412 e. The first kappa shape index (κ1) is 33.4. The van der Waals surface area contributed by atoms with E-state index in [1.54, 1.807) is 43.1 Å².